The first-order chi connectivity index (χ1) is 10.6. The SMILES string of the molecule is CC(C)c1cc(C2(C3CCCCC3)CCCCC2)ccc1O. The molecule has 1 aromatic rings. The Bertz CT molecular complexity index is 491. The Balaban J connectivity index is 2.00. The molecule has 122 valence electrons. The molecule has 1 N–H and O–H groups in total. The molecule has 0 atom stereocenters. The van der Waals surface area contributed by atoms with Gasteiger partial charge in [0.25, 0.3) is 0 Å². The third kappa shape index (κ3) is 2.92. The highest BCUT2D eigenvalue weighted by Gasteiger charge is 2.41. The van der Waals surface area contributed by atoms with Crippen molar-refractivity contribution in [1.29, 1.82) is 0 Å². The Hall–Kier alpha value is -0.980. The Labute approximate surface area is 136 Å². The molecule has 0 aliphatic heterocycles. The van der Waals surface area contributed by atoms with Crippen LogP contribution >= 0.6 is 0 Å². The normalized spacial score (nSPS) is 22.9. The van der Waals surface area contributed by atoms with Crippen LogP contribution < -0.4 is 0 Å². The molecular weight excluding hydrogens is 268 g/mol. The second-order valence-corrected chi connectivity index (χ2v) is 7.98. The zero-order valence-electron chi connectivity index (χ0n) is 14.4. The first-order valence-corrected chi connectivity index (χ1v) is 9.47. The molecule has 1 heteroatoms. The van der Waals surface area contributed by atoms with Crippen LogP contribution in [0.15, 0.2) is 18.2 Å². The van der Waals surface area contributed by atoms with Crippen molar-refractivity contribution in [1.82, 2.24) is 0 Å². The van der Waals surface area contributed by atoms with Gasteiger partial charge in [0.2, 0.25) is 0 Å². The Morgan fingerprint density at radius 2 is 1.59 bits per heavy atom. The van der Waals surface area contributed by atoms with Crippen molar-refractivity contribution >= 4 is 0 Å². The van der Waals surface area contributed by atoms with Crippen molar-refractivity contribution in [3.05, 3.63) is 29.3 Å². The third-order valence-electron chi connectivity index (χ3n) is 6.36. The van der Waals surface area contributed by atoms with Gasteiger partial charge in [-0.1, -0.05) is 64.5 Å². The summed E-state index contributed by atoms with van der Waals surface area (Å²) in [6.07, 6.45) is 14.0. The summed E-state index contributed by atoms with van der Waals surface area (Å²) in [4.78, 5) is 0. The Morgan fingerprint density at radius 3 is 2.23 bits per heavy atom. The minimum atomic E-state index is 0.395. The molecule has 2 saturated carbocycles. The molecule has 0 heterocycles. The fourth-order valence-corrected chi connectivity index (χ4v) is 5.10. The van der Waals surface area contributed by atoms with Gasteiger partial charge in [-0.2, -0.15) is 0 Å². The molecule has 0 unspecified atom stereocenters. The summed E-state index contributed by atoms with van der Waals surface area (Å²) in [5, 5.41) is 10.2. The predicted octanol–water partition coefficient (Wildman–Crippen LogP) is 6.30. The van der Waals surface area contributed by atoms with Crippen LogP contribution in [-0.2, 0) is 5.41 Å². The number of hydrogen-bond donors (Lipinski definition) is 1. The lowest BCUT2D eigenvalue weighted by atomic mass is 9.58. The molecule has 1 nitrogen and oxygen atoms in total. The van der Waals surface area contributed by atoms with E-state index in [0.717, 1.165) is 11.5 Å². The van der Waals surface area contributed by atoms with Crippen molar-refractivity contribution < 1.29 is 5.11 Å². The maximum Gasteiger partial charge on any atom is 0.119 e. The van der Waals surface area contributed by atoms with E-state index in [0.29, 0.717) is 17.1 Å². The van der Waals surface area contributed by atoms with E-state index in [1.807, 2.05) is 6.07 Å². The van der Waals surface area contributed by atoms with Gasteiger partial charge in [-0.05, 0) is 60.1 Å². The van der Waals surface area contributed by atoms with Gasteiger partial charge in [-0.25, -0.2) is 0 Å². The van der Waals surface area contributed by atoms with Gasteiger partial charge >= 0.3 is 0 Å². The highest BCUT2D eigenvalue weighted by molar-refractivity contribution is 5.41. The van der Waals surface area contributed by atoms with Crippen molar-refractivity contribution in [3.8, 4) is 5.75 Å². The summed E-state index contributed by atoms with van der Waals surface area (Å²) >= 11 is 0. The molecule has 2 aliphatic carbocycles. The minimum absolute atomic E-state index is 0.395. The number of phenols is 1. The molecule has 0 radical (unpaired) electrons. The van der Waals surface area contributed by atoms with Gasteiger partial charge in [0.15, 0.2) is 0 Å². The largest absolute Gasteiger partial charge is 0.508 e. The van der Waals surface area contributed by atoms with Crippen LogP contribution in [0.3, 0.4) is 0 Å². The molecular formula is C21H32O. The third-order valence-corrected chi connectivity index (χ3v) is 6.36. The van der Waals surface area contributed by atoms with Crippen LogP contribution in [0, 0.1) is 5.92 Å². The summed E-state index contributed by atoms with van der Waals surface area (Å²) in [6, 6.07) is 6.55. The van der Waals surface area contributed by atoms with E-state index in [-0.39, 0.29) is 0 Å². The molecule has 2 aliphatic rings. The van der Waals surface area contributed by atoms with Gasteiger partial charge in [-0.3, -0.25) is 0 Å². The monoisotopic (exact) mass is 300 g/mol. The fraction of sp³-hybridized carbons (Fsp3) is 0.714. The average molecular weight is 300 g/mol. The van der Waals surface area contributed by atoms with E-state index in [1.54, 1.807) is 0 Å². The molecule has 0 amide bonds. The lowest BCUT2D eigenvalue weighted by molar-refractivity contribution is 0.148. The van der Waals surface area contributed by atoms with E-state index in [2.05, 4.69) is 26.0 Å². The van der Waals surface area contributed by atoms with Crippen molar-refractivity contribution in [2.75, 3.05) is 0 Å². The van der Waals surface area contributed by atoms with Crippen LogP contribution in [0.4, 0.5) is 0 Å². The van der Waals surface area contributed by atoms with E-state index in [1.165, 1.54) is 69.8 Å². The summed E-state index contributed by atoms with van der Waals surface area (Å²) < 4.78 is 0. The van der Waals surface area contributed by atoms with Gasteiger partial charge in [0, 0.05) is 0 Å². The summed E-state index contributed by atoms with van der Waals surface area (Å²) in [6.45, 7) is 4.37. The van der Waals surface area contributed by atoms with Crippen LogP contribution in [0.2, 0.25) is 0 Å². The maximum atomic E-state index is 10.2. The molecule has 0 bridgehead atoms. The lowest BCUT2D eigenvalue weighted by Crippen LogP contribution is -2.38. The standard InChI is InChI=1S/C21H32O/c1-16(2)19-15-18(11-12-20(19)22)21(13-7-4-8-14-21)17-9-5-3-6-10-17/h11-12,15-17,22H,3-10,13-14H2,1-2H3. The van der Waals surface area contributed by atoms with Crippen LogP contribution in [0.1, 0.15) is 95.1 Å². The lowest BCUT2D eigenvalue weighted by Gasteiger charge is -2.46. The second-order valence-electron chi connectivity index (χ2n) is 7.98. The molecule has 22 heavy (non-hydrogen) atoms. The van der Waals surface area contributed by atoms with E-state index in [9.17, 15) is 5.11 Å². The minimum Gasteiger partial charge on any atom is -0.508 e. The number of benzene rings is 1. The quantitative estimate of drug-likeness (QED) is 0.694. The zero-order chi connectivity index (χ0) is 15.6. The molecule has 3 rings (SSSR count). The topological polar surface area (TPSA) is 20.2 Å². The first-order valence-electron chi connectivity index (χ1n) is 9.47. The predicted molar refractivity (Wildman–Crippen MR) is 93.5 cm³/mol. The molecule has 0 spiro atoms. The van der Waals surface area contributed by atoms with E-state index >= 15 is 0 Å². The molecule has 0 aromatic heterocycles. The molecule has 1 aromatic carbocycles. The van der Waals surface area contributed by atoms with Crippen LogP contribution in [0.5, 0.6) is 5.75 Å². The molecule has 2 fully saturated rings. The van der Waals surface area contributed by atoms with Gasteiger partial charge < -0.3 is 5.11 Å². The molecule has 0 saturated heterocycles. The summed E-state index contributed by atoms with van der Waals surface area (Å²) in [5.74, 6) is 1.74. The van der Waals surface area contributed by atoms with Crippen molar-refractivity contribution in [3.63, 3.8) is 0 Å². The second kappa shape index (κ2) is 6.64. The van der Waals surface area contributed by atoms with Crippen LogP contribution in [0.25, 0.3) is 0 Å². The Kier molecular flexibility index (Phi) is 4.80. The number of aromatic hydroxyl groups is 1. The smallest absolute Gasteiger partial charge is 0.119 e. The number of rotatable bonds is 3. The zero-order valence-corrected chi connectivity index (χ0v) is 14.4. The van der Waals surface area contributed by atoms with Crippen LogP contribution in [-0.4, -0.2) is 5.11 Å². The Morgan fingerprint density at radius 1 is 0.955 bits per heavy atom. The fourth-order valence-electron chi connectivity index (χ4n) is 5.10. The summed E-state index contributed by atoms with van der Waals surface area (Å²) in [5.41, 5.74) is 3.06. The maximum absolute atomic E-state index is 10.2. The number of phenolic OH excluding ortho intramolecular Hbond substituents is 1. The first kappa shape index (κ1) is 15.9. The summed E-state index contributed by atoms with van der Waals surface area (Å²) in [7, 11) is 0. The van der Waals surface area contributed by atoms with Gasteiger partial charge in [-0.15, -0.1) is 0 Å². The van der Waals surface area contributed by atoms with Crippen molar-refractivity contribution in [2.24, 2.45) is 5.92 Å². The van der Waals surface area contributed by atoms with Crippen molar-refractivity contribution in [2.45, 2.75) is 89.4 Å². The van der Waals surface area contributed by atoms with E-state index in [4.69, 9.17) is 0 Å². The highest BCUT2D eigenvalue weighted by Crippen LogP contribution is 2.50. The number of hydrogen-bond acceptors (Lipinski definition) is 1. The van der Waals surface area contributed by atoms with E-state index < -0.39 is 0 Å². The van der Waals surface area contributed by atoms with Gasteiger partial charge in [0.1, 0.15) is 5.75 Å². The average Bonchev–Trinajstić information content (AvgIpc) is 2.56. The van der Waals surface area contributed by atoms with Gasteiger partial charge in [0.05, 0.1) is 0 Å². The highest BCUT2D eigenvalue weighted by atomic mass is 16.3.